The summed E-state index contributed by atoms with van der Waals surface area (Å²) in [5, 5.41) is 3.14. The quantitative estimate of drug-likeness (QED) is 0.773. The van der Waals surface area contributed by atoms with Gasteiger partial charge in [-0.1, -0.05) is 23.8 Å². The smallest absolute Gasteiger partial charge is 0.252 e. The van der Waals surface area contributed by atoms with Crippen LogP contribution in [0, 0.1) is 13.8 Å². The van der Waals surface area contributed by atoms with E-state index in [0.29, 0.717) is 25.1 Å². The van der Waals surface area contributed by atoms with E-state index in [1.54, 1.807) is 12.1 Å². The number of ether oxygens (including phenoxy) is 1. The normalized spacial score (nSPS) is 20.7. The number of hydrogen-bond donors (Lipinski definition) is 1. The first kappa shape index (κ1) is 21.8. The first-order valence-electron chi connectivity index (χ1n) is 10.8. The highest BCUT2D eigenvalue weighted by Crippen LogP contribution is 2.40. The Hall–Kier alpha value is -2.38. The summed E-state index contributed by atoms with van der Waals surface area (Å²) in [6, 6.07) is 10.6. The van der Waals surface area contributed by atoms with E-state index in [0.717, 1.165) is 35.3 Å². The number of fused-ring (bicyclic) bond motifs is 1. The van der Waals surface area contributed by atoms with Gasteiger partial charge < -0.3 is 10.1 Å². The molecule has 1 atom stereocenters. The highest BCUT2D eigenvalue weighted by atomic mass is 32.2. The van der Waals surface area contributed by atoms with Crippen LogP contribution < -0.4 is 10.1 Å². The molecule has 166 valence electrons. The molecule has 0 radical (unpaired) electrons. The van der Waals surface area contributed by atoms with Gasteiger partial charge in [0, 0.05) is 30.6 Å². The first-order chi connectivity index (χ1) is 14.6. The number of rotatable bonds is 4. The van der Waals surface area contributed by atoms with E-state index in [4.69, 9.17) is 4.74 Å². The lowest BCUT2D eigenvalue weighted by Crippen LogP contribution is -2.41. The molecule has 0 aliphatic carbocycles. The Morgan fingerprint density at radius 3 is 2.52 bits per heavy atom. The highest BCUT2D eigenvalue weighted by molar-refractivity contribution is 7.89. The monoisotopic (exact) mass is 442 g/mol. The van der Waals surface area contributed by atoms with E-state index >= 15 is 0 Å². The molecule has 0 bridgehead atoms. The molecule has 0 spiro atoms. The van der Waals surface area contributed by atoms with Crippen LogP contribution in [0.3, 0.4) is 0 Å². The lowest BCUT2D eigenvalue weighted by molar-refractivity contribution is 0.0619. The minimum absolute atomic E-state index is 0.175. The van der Waals surface area contributed by atoms with Crippen LogP contribution in [0.25, 0.3) is 0 Å². The van der Waals surface area contributed by atoms with Crippen LogP contribution in [0.1, 0.15) is 66.2 Å². The summed E-state index contributed by atoms with van der Waals surface area (Å²) in [4.78, 5) is 13.5. The van der Waals surface area contributed by atoms with Crippen molar-refractivity contribution in [2.24, 2.45) is 0 Å². The van der Waals surface area contributed by atoms with Crippen molar-refractivity contribution >= 4 is 15.9 Å². The second-order valence-corrected chi connectivity index (χ2v) is 11.2. The molecule has 1 N–H and O–H groups in total. The number of carbonyl (C=O) groups excluding carboxylic acids is 1. The number of nitrogens with one attached hydrogen (secondary N) is 1. The highest BCUT2D eigenvalue weighted by Gasteiger charge is 2.35. The fourth-order valence-electron chi connectivity index (χ4n) is 4.42. The molecule has 2 aromatic rings. The van der Waals surface area contributed by atoms with E-state index in [1.807, 2.05) is 45.9 Å². The lowest BCUT2D eigenvalue weighted by Gasteiger charge is -2.38. The lowest BCUT2D eigenvalue weighted by atomic mass is 9.88. The standard InChI is InChI=1S/C24H30N2O4S/c1-16-7-10-22-20(13-16)21(15-24(3,4)30-22)25-23(27)19-14-18(9-8-17(19)2)31(28,29)26-11-5-6-12-26/h7-10,13-14,21H,5-6,11-12,15H2,1-4H3,(H,25,27)/t21-/m1/s1. The van der Waals surface area contributed by atoms with Crippen molar-refractivity contribution in [1.29, 1.82) is 0 Å². The molecule has 31 heavy (non-hydrogen) atoms. The van der Waals surface area contributed by atoms with E-state index in [9.17, 15) is 13.2 Å². The molecule has 1 saturated heterocycles. The largest absolute Gasteiger partial charge is 0.487 e. The Labute approximate surface area is 184 Å². The van der Waals surface area contributed by atoms with Gasteiger partial charge >= 0.3 is 0 Å². The molecule has 4 rings (SSSR count). The Morgan fingerprint density at radius 1 is 1.10 bits per heavy atom. The van der Waals surface area contributed by atoms with E-state index in [2.05, 4.69) is 5.32 Å². The van der Waals surface area contributed by atoms with Crippen molar-refractivity contribution in [2.75, 3.05) is 13.1 Å². The predicted molar refractivity (Wildman–Crippen MR) is 120 cm³/mol. The van der Waals surface area contributed by atoms with E-state index in [-0.39, 0.29) is 16.8 Å². The molecule has 1 fully saturated rings. The van der Waals surface area contributed by atoms with Gasteiger partial charge in [0.15, 0.2) is 0 Å². The predicted octanol–water partition coefficient (Wildman–Crippen LogP) is 4.12. The van der Waals surface area contributed by atoms with Gasteiger partial charge in [0.25, 0.3) is 5.91 Å². The van der Waals surface area contributed by atoms with Crippen molar-refractivity contribution in [3.8, 4) is 5.75 Å². The number of benzene rings is 2. The number of carbonyl (C=O) groups is 1. The fraction of sp³-hybridized carbons (Fsp3) is 0.458. The van der Waals surface area contributed by atoms with Crippen molar-refractivity contribution in [2.45, 2.75) is 63.5 Å². The van der Waals surface area contributed by atoms with Crippen molar-refractivity contribution in [3.63, 3.8) is 0 Å². The molecule has 0 saturated carbocycles. The third kappa shape index (κ3) is 4.34. The Kier molecular flexibility index (Phi) is 5.60. The molecule has 6 nitrogen and oxygen atoms in total. The van der Waals surface area contributed by atoms with Gasteiger partial charge in [-0.3, -0.25) is 4.79 Å². The molecular weight excluding hydrogens is 412 g/mol. The van der Waals surface area contributed by atoms with Crippen molar-refractivity contribution in [3.05, 3.63) is 58.7 Å². The molecule has 2 aliphatic heterocycles. The summed E-state index contributed by atoms with van der Waals surface area (Å²) in [7, 11) is -3.58. The van der Waals surface area contributed by atoms with Crippen LogP contribution in [-0.2, 0) is 10.0 Å². The van der Waals surface area contributed by atoms with Gasteiger partial charge in [-0.15, -0.1) is 0 Å². The molecule has 2 aliphatic rings. The third-order valence-electron chi connectivity index (χ3n) is 6.08. The summed E-state index contributed by atoms with van der Waals surface area (Å²) < 4.78 is 33.5. The minimum Gasteiger partial charge on any atom is -0.487 e. The van der Waals surface area contributed by atoms with Gasteiger partial charge in [0.1, 0.15) is 11.4 Å². The molecule has 0 unspecified atom stereocenters. The molecular formula is C24H30N2O4S. The van der Waals surface area contributed by atoms with Gasteiger partial charge in [-0.25, -0.2) is 8.42 Å². The van der Waals surface area contributed by atoms with Crippen molar-refractivity contribution < 1.29 is 17.9 Å². The van der Waals surface area contributed by atoms with Crippen LogP contribution in [-0.4, -0.2) is 37.3 Å². The third-order valence-corrected chi connectivity index (χ3v) is 7.98. The molecule has 2 aromatic carbocycles. The average molecular weight is 443 g/mol. The maximum atomic E-state index is 13.3. The summed E-state index contributed by atoms with van der Waals surface area (Å²) in [6.45, 7) is 8.91. The Bertz CT molecular complexity index is 1120. The molecule has 7 heteroatoms. The van der Waals surface area contributed by atoms with Crippen LogP contribution in [0.15, 0.2) is 41.3 Å². The summed E-state index contributed by atoms with van der Waals surface area (Å²) >= 11 is 0. The number of hydrogen-bond acceptors (Lipinski definition) is 4. The minimum atomic E-state index is -3.58. The second-order valence-electron chi connectivity index (χ2n) is 9.22. The maximum absolute atomic E-state index is 13.3. The van der Waals surface area contributed by atoms with Crippen LogP contribution >= 0.6 is 0 Å². The van der Waals surface area contributed by atoms with Crippen LogP contribution in [0.5, 0.6) is 5.75 Å². The summed E-state index contributed by atoms with van der Waals surface area (Å²) in [6.07, 6.45) is 2.37. The van der Waals surface area contributed by atoms with Gasteiger partial charge in [0.2, 0.25) is 10.0 Å². The zero-order valence-corrected chi connectivity index (χ0v) is 19.4. The number of amides is 1. The molecule has 2 heterocycles. The van der Waals surface area contributed by atoms with Crippen molar-refractivity contribution in [1.82, 2.24) is 9.62 Å². The van der Waals surface area contributed by atoms with E-state index < -0.39 is 15.6 Å². The van der Waals surface area contributed by atoms with Crippen LogP contribution in [0.2, 0.25) is 0 Å². The zero-order chi connectivity index (χ0) is 22.4. The second kappa shape index (κ2) is 7.95. The SMILES string of the molecule is Cc1ccc2c(c1)[C@H](NC(=O)c1cc(S(=O)(=O)N3CCCC3)ccc1C)CC(C)(C)O2. The zero-order valence-electron chi connectivity index (χ0n) is 18.6. The summed E-state index contributed by atoms with van der Waals surface area (Å²) in [5.74, 6) is 0.500. The summed E-state index contributed by atoms with van der Waals surface area (Å²) in [5.41, 5.74) is 2.76. The average Bonchev–Trinajstić information content (AvgIpc) is 3.24. The number of aryl methyl sites for hydroxylation is 2. The molecule has 1 amide bonds. The number of sulfonamides is 1. The van der Waals surface area contributed by atoms with Gasteiger partial charge in [-0.05, 0) is 64.3 Å². The Morgan fingerprint density at radius 2 is 1.81 bits per heavy atom. The van der Waals surface area contributed by atoms with E-state index in [1.165, 1.54) is 10.4 Å². The van der Waals surface area contributed by atoms with Gasteiger partial charge in [-0.2, -0.15) is 4.31 Å². The first-order valence-corrected chi connectivity index (χ1v) is 12.2. The Balaban J connectivity index is 1.64. The fourth-order valence-corrected chi connectivity index (χ4v) is 5.97. The molecule has 0 aromatic heterocycles. The van der Waals surface area contributed by atoms with Crippen LogP contribution in [0.4, 0.5) is 0 Å². The number of nitrogens with zero attached hydrogens (tertiary/aromatic N) is 1. The van der Waals surface area contributed by atoms with Gasteiger partial charge in [0.05, 0.1) is 10.9 Å². The topological polar surface area (TPSA) is 75.7 Å². The maximum Gasteiger partial charge on any atom is 0.252 e.